The van der Waals surface area contributed by atoms with Crippen LogP contribution in [0.4, 0.5) is 5.69 Å². The Kier molecular flexibility index (Phi) is 3.59. The van der Waals surface area contributed by atoms with Crippen molar-refractivity contribution in [3.8, 4) is 0 Å². The van der Waals surface area contributed by atoms with Crippen molar-refractivity contribution >= 4 is 16.6 Å². The van der Waals surface area contributed by atoms with Crippen LogP contribution in [0, 0.1) is 5.92 Å². The summed E-state index contributed by atoms with van der Waals surface area (Å²) < 4.78 is 0. The van der Waals surface area contributed by atoms with Crippen LogP contribution in [0.15, 0.2) is 30.5 Å². The highest BCUT2D eigenvalue weighted by molar-refractivity contribution is 5.92. The SMILES string of the molecule is CC1CCN(Cc2ccc(N)c3cccnc23)CC1O. The molecule has 3 N–H and O–H groups in total. The van der Waals surface area contributed by atoms with Crippen molar-refractivity contribution in [3.63, 3.8) is 0 Å². The Morgan fingerprint density at radius 1 is 1.40 bits per heavy atom. The third-order valence-electron chi connectivity index (χ3n) is 4.28. The molecule has 4 heteroatoms. The fraction of sp³-hybridized carbons (Fsp3) is 0.438. The van der Waals surface area contributed by atoms with Crippen molar-refractivity contribution in [2.45, 2.75) is 26.0 Å². The number of rotatable bonds is 2. The van der Waals surface area contributed by atoms with Gasteiger partial charge in [-0.3, -0.25) is 9.88 Å². The molecule has 2 heterocycles. The number of hydrogen-bond acceptors (Lipinski definition) is 4. The van der Waals surface area contributed by atoms with Gasteiger partial charge in [0.1, 0.15) is 0 Å². The number of aliphatic hydroxyl groups excluding tert-OH is 1. The molecule has 1 aliphatic rings. The summed E-state index contributed by atoms with van der Waals surface area (Å²) in [4.78, 5) is 6.77. The Hall–Kier alpha value is -1.65. The Labute approximate surface area is 119 Å². The first kappa shape index (κ1) is 13.3. The topological polar surface area (TPSA) is 62.4 Å². The van der Waals surface area contributed by atoms with Gasteiger partial charge in [0.25, 0.3) is 0 Å². The first-order valence-electron chi connectivity index (χ1n) is 7.17. The van der Waals surface area contributed by atoms with Gasteiger partial charge in [0.2, 0.25) is 0 Å². The van der Waals surface area contributed by atoms with Crippen molar-refractivity contribution in [3.05, 3.63) is 36.0 Å². The minimum absolute atomic E-state index is 0.225. The number of benzene rings is 1. The zero-order chi connectivity index (χ0) is 14.1. The summed E-state index contributed by atoms with van der Waals surface area (Å²) >= 11 is 0. The number of β-amino-alcohol motifs (C(OH)–C–C–N with tert-alkyl or cyclic N) is 1. The Bertz CT molecular complexity index is 614. The molecular formula is C16H21N3O. The number of hydrogen-bond donors (Lipinski definition) is 2. The predicted molar refractivity (Wildman–Crippen MR) is 81.2 cm³/mol. The molecule has 0 amide bonds. The summed E-state index contributed by atoms with van der Waals surface area (Å²) in [5, 5.41) is 11.0. The van der Waals surface area contributed by atoms with Crippen LogP contribution in [0.25, 0.3) is 10.9 Å². The maximum absolute atomic E-state index is 10.0. The number of nitrogens with two attached hydrogens (primary N) is 1. The standard InChI is InChI=1S/C16H21N3O/c1-11-6-8-19(10-15(11)20)9-12-4-5-14(17)13-3-2-7-18-16(12)13/h2-5,7,11,15,20H,6,8-10,17H2,1H3. The zero-order valence-corrected chi connectivity index (χ0v) is 11.8. The molecule has 4 nitrogen and oxygen atoms in total. The van der Waals surface area contributed by atoms with E-state index in [2.05, 4.69) is 22.9 Å². The first-order chi connectivity index (χ1) is 9.65. The normalized spacial score (nSPS) is 24.1. The van der Waals surface area contributed by atoms with E-state index < -0.39 is 0 Å². The molecule has 0 spiro atoms. The molecule has 1 fully saturated rings. The molecule has 2 atom stereocenters. The first-order valence-corrected chi connectivity index (χ1v) is 7.17. The highest BCUT2D eigenvalue weighted by Gasteiger charge is 2.24. The van der Waals surface area contributed by atoms with Crippen LogP contribution in [-0.2, 0) is 6.54 Å². The Balaban J connectivity index is 1.86. The summed E-state index contributed by atoms with van der Waals surface area (Å²) in [6, 6.07) is 7.92. The average molecular weight is 271 g/mol. The van der Waals surface area contributed by atoms with E-state index in [1.807, 2.05) is 18.2 Å². The number of nitrogen functional groups attached to an aromatic ring is 1. The van der Waals surface area contributed by atoms with Gasteiger partial charge in [-0.15, -0.1) is 0 Å². The number of pyridine rings is 1. The fourth-order valence-corrected chi connectivity index (χ4v) is 2.88. The number of aliphatic hydroxyl groups is 1. The number of anilines is 1. The molecule has 0 radical (unpaired) electrons. The second-order valence-corrected chi connectivity index (χ2v) is 5.78. The predicted octanol–water partition coefficient (Wildman–Crippen LogP) is 2.02. The van der Waals surface area contributed by atoms with Crippen molar-refractivity contribution < 1.29 is 5.11 Å². The second-order valence-electron chi connectivity index (χ2n) is 5.78. The number of likely N-dealkylation sites (tertiary alicyclic amines) is 1. The van der Waals surface area contributed by atoms with Crippen LogP contribution in [-0.4, -0.2) is 34.2 Å². The minimum Gasteiger partial charge on any atom is -0.398 e. The van der Waals surface area contributed by atoms with Crippen LogP contribution in [0.3, 0.4) is 0 Å². The average Bonchev–Trinajstić information content (AvgIpc) is 2.46. The molecule has 3 rings (SSSR count). The summed E-state index contributed by atoms with van der Waals surface area (Å²) in [5.41, 5.74) is 8.92. The Morgan fingerprint density at radius 3 is 3.05 bits per heavy atom. The summed E-state index contributed by atoms with van der Waals surface area (Å²) in [7, 11) is 0. The van der Waals surface area contributed by atoms with E-state index in [1.165, 1.54) is 5.56 Å². The molecule has 106 valence electrons. The fourth-order valence-electron chi connectivity index (χ4n) is 2.88. The van der Waals surface area contributed by atoms with Gasteiger partial charge < -0.3 is 10.8 Å². The molecule has 1 saturated heterocycles. The third-order valence-corrected chi connectivity index (χ3v) is 4.28. The highest BCUT2D eigenvalue weighted by Crippen LogP contribution is 2.25. The van der Waals surface area contributed by atoms with Gasteiger partial charge in [-0.2, -0.15) is 0 Å². The van der Waals surface area contributed by atoms with Crippen molar-refractivity contribution in [1.82, 2.24) is 9.88 Å². The monoisotopic (exact) mass is 271 g/mol. The van der Waals surface area contributed by atoms with E-state index in [0.717, 1.165) is 42.6 Å². The molecule has 1 aromatic heterocycles. The van der Waals surface area contributed by atoms with E-state index in [1.54, 1.807) is 6.20 Å². The van der Waals surface area contributed by atoms with Crippen molar-refractivity contribution in [2.75, 3.05) is 18.8 Å². The van der Waals surface area contributed by atoms with E-state index >= 15 is 0 Å². The van der Waals surface area contributed by atoms with Crippen LogP contribution in [0.1, 0.15) is 18.9 Å². The van der Waals surface area contributed by atoms with E-state index in [4.69, 9.17) is 5.73 Å². The van der Waals surface area contributed by atoms with Crippen LogP contribution in [0.2, 0.25) is 0 Å². The lowest BCUT2D eigenvalue weighted by atomic mass is 9.95. The molecule has 2 aromatic rings. The van der Waals surface area contributed by atoms with E-state index in [9.17, 15) is 5.11 Å². The maximum Gasteiger partial charge on any atom is 0.0767 e. The summed E-state index contributed by atoms with van der Waals surface area (Å²) in [5.74, 6) is 0.396. The van der Waals surface area contributed by atoms with Gasteiger partial charge in [-0.05, 0) is 42.6 Å². The van der Waals surface area contributed by atoms with E-state index in [0.29, 0.717) is 5.92 Å². The van der Waals surface area contributed by atoms with Crippen LogP contribution < -0.4 is 5.73 Å². The van der Waals surface area contributed by atoms with Crippen molar-refractivity contribution in [1.29, 1.82) is 0 Å². The number of piperidine rings is 1. The number of aromatic nitrogens is 1. The lowest BCUT2D eigenvalue weighted by Crippen LogP contribution is -2.42. The van der Waals surface area contributed by atoms with Crippen molar-refractivity contribution in [2.24, 2.45) is 5.92 Å². The molecular weight excluding hydrogens is 250 g/mol. The quantitative estimate of drug-likeness (QED) is 0.820. The lowest BCUT2D eigenvalue weighted by molar-refractivity contribution is 0.0260. The summed E-state index contributed by atoms with van der Waals surface area (Å²) in [6.45, 7) is 4.69. The largest absolute Gasteiger partial charge is 0.398 e. The molecule has 1 aromatic carbocycles. The second kappa shape index (κ2) is 5.38. The minimum atomic E-state index is -0.225. The summed E-state index contributed by atoms with van der Waals surface area (Å²) in [6.07, 6.45) is 2.62. The number of nitrogens with zero attached hydrogens (tertiary/aromatic N) is 2. The smallest absolute Gasteiger partial charge is 0.0767 e. The van der Waals surface area contributed by atoms with E-state index in [-0.39, 0.29) is 6.10 Å². The number of fused-ring (bicyclic) bond motifs is 1. The molecule has 0 saturated carbocycles. The molecule has 0 aliphatic carbocycles. The van der Waals surface area contributed by atoms with Crippen LogP contribution in [0.5, 0.6) is 0 Å². The molecule has 1 aliphatic heterocycles. The van der Waals surface area contributed by atoms with Gasteiger partial charge in [0, 0.05) is 30.4 Å². The molecule has 2 unspecified atom stereocenters. The van der Waals surface area contributed by atoms with Gasteiger partial charge in [-0.25, -0.2) is 0 Å². The Morgan fingerprint density at radius 2 is 2.25 bits per heavy atom. The van der Waals surface area contributed by atoms with Crippen LogP contribution >= 0.6 is 0 Å². The third kappa shape index (κ3) is 2.49. The van der Waals surface area contributed by atoms with Gasteiger partial charge in [-0.1, -0.05) is 13.0 Å². The lowest BCUT2D eigenvalue weighted by Gasteiger charge is -2.34. The van der Waals surface area contributed by atoms with Gasteiger partial charge in [0.05, 0.1) is 11.6 Å². The van der Waals surface area contributed by atoms with Gasteiger partial charge >= 0.3 is 0 Å². The highest BCUT2D eigenvalue weighted by atomic mass is 16.3. The van der Waals surface area contributed by atoms with Gasteiger partial charge in [0.15, 0.2) is 0 Å². The molecule has 0 bridgehead atoms. The molecule has 20 heavy (non-hydrogen) atoms. The maximum atomic E-state index is 10.0. The zero-order valence-electron chi connectivity index (χ0n) is 11.8.